The molecule has 1 spiro atoms. The van der Waals surface area contributed by atoms with Crippen LogP contribution in [0.3, 0.4) is 0 Å². The Hall–Kier alpha value is -1.96. The van der Waals surface area contributed by atoms with E-state index in [0.717, 1.165) is 59.5 Å². The van der Waals surface area contributed by atoms with Crippen LogP contribution >= 0.6 is 0 Å². The van der Waals surface area contributed by atoms with Gasteiger partial charge in [-0.25, -0.2) is 0 Å². The van der Waals surface area contributed by atoms with Crippen LogP contribution in [0.1, 0.15) is 104 Å². The van der Waals surface area contributed by atoms with Gasteiger partial charge in [0.25, 0.3) is 0 Å². The minimum absolute atomic E-state index is 0.0789. The number of nitrogens with zero attached hydrogens (tertiary/aromatic N) is 1. The molecule has 1 N–H and O–H groups in total. The Morgan fingerprint density at radius 2 is 1.82 bits per heavy atom. The van der Waals surface area contributed by atoms with Crippen molar-refractivity contribution in [3.05, 3.63) is 63.5 Å². The van der Waals surface area contributed by atoms with E-state index < -0.39 is 29.5 Å². The Labute approximate surface area is 198 Å². The van der Waals surface area contributed by atoms with E-state index in [1.54, 1.807) is 0 Å². The Balaban J connectivity index is 1.74. The fourth-order valence-corrected chi connectivity index (χ4v) is 6.01. The predicted molar refractivity (Wildman–Crippen MR) is 121 cm³/mol. The van der Waals surface area contributed by atoms with Crippen LogP contribution in [-0.2, 0) is 27.7 Å². The van der Waals surface area contributed by atoms with Gasteiger partial charge in [0, 0.05) is 34.7 Å². The van der Waals surface area contributed by atoms with E-state index in [-0.39, 0.29) is 11.3 Å². The third-order valence-electron chi connectivity index (χ3n) is 7.46. The average Bonchev–Trinajstić information content (AvgIpc) is 3.06. The van der Waals surface area contributed by atoms with Crippen molar-refractivity contribution in [1.29, 1.82) is 0 Å². The van der Waals surface area contributed by atoms with E-state index in [4.69, 9.17) is 14.5 Å². The van der Waals surface area contributed by atoms with Crippen LogP contribution < -0.4 is 0 Å². The van der Waals surface area contributed by atoms with Crippen LogP contribution in [0.25, 0.3) is 0 Å². The number of benzene rings is 1. The van der Waals surface area contributed by atoms with E-state index in [2.05, 4.69) is 27.7 Å². The van der Waals surface area contributed by atoms with E-state index in [1.807, 2.05) is 0 Å². The molecule has 1 aromatic heterocycles. The number of aliphatic hydroxyl groups is 1. The number of aromatic nitrogens is 1. The fraction of sp³-hybridized carbons (Fsp3) is 0.593. The number of pyridine rings is 1. The standard InChI is InChI=1S/C27H32F3NO3/c1-15(2)23-21-22(20-18(31-23)12-25(3,4)13-19(20)32)26(10-5-11-33-14-26)34-24(21)16-6-8-17(9-7-16)27(28,29)30/h6-9,15,19,24,32H,5,10-14H2,1-4H3/t19-,24+,26?/m0/s1. The quantitative estimate of drug-likeness (QED) is 0.550. The first-order valence-electron chi connectivity index (χ1n) is 12.1. The van der Waals surface area contributed by atoms with Crippen molar-refractivity contribution in [3.8, 4) is 0 Å². The smallest absolute Gasteiger partial charge is 0.388 e. The van der Waals surface area contributed by atoms with Crippen LogP contribution in [-0.4, -0.2) is 23.3 Å². The second kappa shape index (κ2) is 8.04. The first-order valence-corrected chi connectivity index (χ1v) is 12.1. The van der Waals surface area contributed by atoms with Crippen molar-refractivity contribution in [2.24, 2.45) is 5.41 Å². The number of rotatable bonds is 2. The first kappa shape index (κ1) is 23.8. The number of ether oxygens (including phenoxy) is 2. The minimum atomic E-state index is -4.40. The van der Waals surface area contributed by atoms with E-state index in [1.165, 1.54) is 12.1 Å². The highest BCUT2D eigenvalue weighted by Crippen LogP contribution is 2.56. The van der Waals surface area contributed by atoms with Gasteiger partial charge in [0.05, 0.1) is 18.3 Å². The van der Waals surface area contributed by atoms with E-state index in [0.29, 0.717) is 25.2 Å². The molecule has 34 heavy (non-hydrogen) atoms. The molecule has 1 unspecified atom stereocenters. The lowest BCUT2D eigenvalue weighted by Gasteiger charge is -2.40. The molecule has 5 rings (SSSR count). The van der Waals surface area contributed by atoms with Gasteiger partial charge in [0.15, 0.2) is 0 Å². The third kappa shape index (κ3) is 3.86. The summed E-state index contributed by atoms with van der Waals surface area (Å²) in [6.45, 7) is 9.44. The number of hydrogen-bond donors (Lipinski definition) is 1. The summed E-state index contributed by atoms with van der Waals surface area (Å²) in [5.41, 5.74) is 3.68. The Bertz CT molecular complexity index is 1090. The van der Waals surface area contributed by atoms with Crippen LogP contribution in [0.4, 0.5) is 13.2 Å². The number of aliphatic hydroxyl groups excluding tert-OH is 1. The molecule has 0 bridgehead atoms. The van der Waals surface area contributed by atoms with Gasteiger partial charge in [0.2, 0.25) is 0 Å². The molecule has 3 heterocycles. The molecule has 7 heteroatoms. The van der Waals surface area contributed by atoms with Crippen LogP contribution in [0.2, 0.25) is 0 Å². The Kier molecular flexibility index (Phi) is 5.62. The van der Waals surface area contributed by atoms with Gasteiger partial charge in [-0.3, -0.25) is 4.98 Å². The van der Waals surface area contributed by atoms with Crippen molar-refractivity contribution in [3.63, 3.8) is 0 Å². The molecule has 0 amide bonds. The number of halogens is 3. The zero-order valence-electron chi connectivity index (χ0n) is 20.1. The van der Waals surface area contributed by atoms with Crippen LogP contribution in [0, 0.1) is 5.41 Å². The summed E-state index contributed by atoms with van der Waals surface area (Å²) >= 11 is 0. The molecule has 0 saturated carbocycles. The van der Waals surface area contributed by atoms with Crippen LogP contribution in [0.5, 0.6) is 0 Å². The molecule has 2 aromatic rings. The maximum atomic E-state index is 13.2. The molecular weight excluding hydrogens is 443 g/mol. The van der Waals surface area contributed by atoms with Gasteiger partial charge >= 0.3 is 6.18 Å². The second-order valence-electron chi connectivity index (χ2n) is 11.1. The molecule has 1 aliphatic carbocycles. The maximum absolute atomic E-state index is 13.2. The molecule has 1 aromatic carbocycles. The molecule has 4 nitrogen and oxygen atoms in total. The highest BCUT2D eigenvalue weighted by Gasteiger charge is 2.52. The topological polar surface area (TPSA) is 51.6 Å². The molecule has 3 atom stereocenters. The maximum Gasteiger partial charge on any atom is 0.416 e. The highest BCUT2D eigenvalue weighted by atomic mass is 19.4. The fourth-order valence-electron chi connectivity index (χ4n) is 6.01. The molecule has 1 saturated heterocycles. The lowest BCUT2D eigenvalue weighted by Crippen LogP contribution is -2.39. The lowest BCUT2D eigenvalue weighted by molar-refractivity contribution is -0.140. The normalized spacial score (nSPS) is 28.3. The SMILES string of the molecule is CC(C)c1nc2c(c3c1[C@@H](c1ccc(C(F)(F)F)cc1)OC31CCCOC1)[C@@H](O)CC(C)(C)C2. The summed E-state index contributed by atoms with van der Waals surface area (Å²) in [6.07, 6.45) is -2.70. The van der Waals surface area contributed by atoms with Crippen molar-refractivity contribution >= 4 is 0 Å². The zero-order chi connectivity index (χ0) is 24.5. The number of alkyl halides is 3. The number of hydrogen-bond acceptors (Lipinski definition) is 4. The third-order valence-corrected chi connectivity index (χ3v) is 7.46. The molecule has 2 aliphatic heterocycles. The number of fused-ring (bicyclic) bond motifs is 4. The van der Waals surface area contributed by atoms with Crippen molar-refractivity contribution in [2.45, 2.75) is 83.3 Å². The Morgan fingerprint density at radius 1 is 1.12 bits per heavy atom. The summed E-state index contributed by atoms with van der Waals surface area (Å²) in [4.78, 5) is 5.08. The summed E-state index contributed by atoms with van der Waals surface area (Å²) in [5, 5.41) is 11.3. The van der Waals surface area contributed by atoms with Crippen molar-refractivity contribution in [1.82, 2.24) is 4.98 Å². The Morgan fingerprint density at radius 3 is 2.41 bits per heavy atom. The first-order chi connectivity index (χ1) is 15.9. The van der Waals surface area contributed by atoms with Gasteiger partial charge in [0.1, 0.15) is 11.7 Å². The van der Waals surface area contributed by atoms with Crippen molar-refractivity contribution in [2.75, 3.05) is 13.2 Å². The molecule has 3 aliphatic rings. The van der Waals surface area contributed by atoms with E-state index >= 15 is 0 Å². The molecular formula is C27H32F3NO3. The predicted octanol–water partition coefficient (Wildman–Crippen LogP) is 6.35. The molecule has 0 radical (unpaired) electrons. The molecule has 184 valence electrons. The summed E-state index contributed by atoms with van der Waals surface area (Å²) < 4.78 is 52.3. The van der Waals surface area contributed by atoms with Crippen LogP contribution in [0.15, 0.2) is 24.3 Å². The monoisotopic (exact) mass is 475 g/mol. The van der Waals surface area contributed by atoms with Gasteiger partial charge in [-0.15, -0.1) is 0 Å². The zero-order valence-corrected chi connectivity index (χ0v) is 20.1. The second-order valence-corrected chi connectivity index (χ2v) is 11.1. The summed E-state index contributed by atoms with van der Waals surface area (Å²) in [7, 11) is 0. The van der Waals surface area contributed by atoms with E-state index in [9.17, 15) is 18.3 Å². The van der Waals surface area contributed by atoms with Gasteiger partial charge in [-0.1, -0.05) is 39.8 Å². The average molecular weight is 476 g/mol. The van der Waals surface area contributed by atoms with Crippen molar-refractivity contribution < 1.29 is 27.8 Å². The molecule has 1 fully saturated rings. The largest absolute Gasteiger partial charge is 0.416 e. The van der Waals surface area contributed by atoms with Gasteiger partial charge in [-0.2, -0.15) is 13.2 Å². The lowest BCUT2D eigenvalue weighted by atomic mass is 9.70. The summed E-state index contributed by atoms with van der Waals surface area (Å²) in [5.74, 6) is 0.0847. The minimum Gasteiger partial charge on any atom is -0.388 e. The highest BCUT2D eigenvalue weighted by molar-refractivity contribution is 5.54. The summed E-state index contributed by atoms with van der Waals surface area (Å²) in [6, 6.07) is 5.23. The van der Waals surface area contributed by atoms with Gasteiger partial charge in [-0.05, 0) is 54.7 Å². The van der Waals surface area contributed by atoms with Gasteiger partial charge < -0.3 is 14.6 Å².